The van der Waals surface area contributed by atoms with Gasteiger partial charge in [0.25, 0.3) is 0 Å². The summed E-state index contributed by atoms with van der Waals surface area (Å²) in [5.74, 6) is 1.11. The third-order valence-electron chi connectivity index (χ3n) is 8.10. The molecule has 1 atom stereocenters. The van der Waals surface area contributed by atoms with Crippen LogP contribution in [-0.4, -0.2) is 68.1 Å². The van der Waals surface area contributed by atoms with Gasteiger partial charge in [-0.1, -0.05) is 54.1 Å². The van der Waals surface area contributed by atoms with Gasteiger partial charge >= 0.3 is 0 Å². The van der Waals surface area contributed by atoms with Gasteiger partial charge in [0.2, 0.25) is 5.91 Å². The van der Waals surface area contributed by atoms with E-state index in [-0.39, 0.29) is 17.6 Å². The van der Waals surface area contributed by atoms with Crippen molar-refractivity contribution in [2.45, 2.75) is 25.2 Å². The van der Waals surface area contributed by atoms with Crippen molar-refractivity contribution in [3.63, 3.8) is 0 Å². The van der Waals surface area contributed by atoms with Gasteiger partial charge in [0.1, 0.15) is 11.6 Å². The summed E-state index contributed by atoms with van der Waals surface area (Å²) in [5, 5.41) is 0.762. The van der Waals surface area contributed by atoms with Gasteiger partial charge in [-0.15, -0.1) is 0 Å². The van der Waals surface area contributed by atoms with E-state index >= 15 is 0 Å². The molecule has 2 saturated heterocycles. The van der Waals surface area contributed by atoms with Crippen molar-refractivity contribution in [2.24, 2.45) is 5.92 Å². The molecule has 3 aromatic rings. The van der Waals surface area contributed by atoms with Gasteiger partial charge in [-0.3, -0.25) is 9.69 Å². The minimum absolute atomic E-state index is 0.197. The number of nitrogens with zero attached hydrogens (tertiary/aromatic N) is 3. The maximum absolute atomic E-state index is 13.6. The summed E-state index contributed by atoms with van der Waals surface area (Å²) in [4.78, 5) is 19.9. The molecule has 2 aliphatic heterocycles. The molecule has 2 fully saturated rings. The summed E-state index contributed by atoms with van der Waals surface area (Å²) < 4.78 is 19.7. The lowest BCUT2D eigenvalue weighted by molar-refractivity contribution is -0.133. The molecule has 0 radical (unpaired) electrons. The zero-order chi connectivity index (χ0) is 27.0. The predicted molar refractivity (Wildman–Crippen MR) is 155 cm³/mol. The number of halogens is 2. The fourth-order valence-corrected chi connectivity index (χ4v) is 6.00. The van der Waals surface area contributed by atoms with Gasteiger partial charge in [0.15, 0.2) is 0 Å². The van der Waals surface area contributed by atoms with Crippen LogP contribution < -0.4 is 9.64 Å². The van der Waals surface area contributed by atoms with Crippen molar-refractivity contribution < 1.29 is 13.9 Å². The van der Waals surface area contributed by atoms with Crippen LogP contribution in [0, 0.1) is 11.7 Å². The first-order chi connectivity index (χ1) is 19.0. The van der Waals surface area contributed by atoms with Crippen molar-refractivity contribution in [1.29, 1.82) is 0 Å². The molecule has 0 saturated carbocycles. The number of carbonyl (C=O) groups is 1. The van der Waals surface area contributed by atoms with Gasteiger partial charge in [0, 0.05) is 74.9 Å². The molecule has 0 bridgehead atoms. The Balaban J connectivity index is 1.09. The molecular weight excluding hydrogens is 513 g/mol. The predicted octanol–water partition coefficient (Wildman–Crippen LogP) is 6.09. The second kappa shape index (κ2) is 13.3. The van der Waals surface area contributed by atoms with Crippen molar-refractivity contribution >= 4 is 23.2 Å². The van der Waals surface area contributed by atoms with Crippen LogP contribution in [0.4, 0.5) is 10.1 Å². The van der Waals surface area contributed by atoms with Crippen LogP contribution in [0.15, 0.2) is 78.9 Å². The molecule has 0 spiro atoms. The van der Waals surface area contributed by atoms with Crippen LogP contribution in [0.2, 0.25) is 5.02 Å². The lowest BCUT2D eigenvalue weighted by Crippen LogP contribution is -2.48. The summed E-state index contributed by atoms with van der Waals surface area (Å²) in [6, 6.07) is 24.7. The molecule has 1 unspecified atom stereocenters. The molecule has 3 aromatic carbocycles. The number of hydrogen-bond acceptors (Lipinski definition) is 4. The van der Waals surface area contributed by atoms with Crippen molar-refractivity contribution in [1.82, 2.24) is 9.80 Å². The van der Waals surface area contributed by atoms with Crippen LogP contribution >= 0.6 is 11.6 Å². The molecule has 0 N–H and O–H groups in total. The number of piperidine rings is 1. The smallest absolute Gasteiger partial charge is 0.223 e. The number of piperazine rings is 1. The summed E-state index contributed by atoms with van der Waals surface area (Å²) >= 11 is 6.16. The molecule has 7 heteroatoms. The second-order valence-electron chi connectivity index (χ2n) is 10.6. The number of amides is 1. The maximum atomic E-state index is 13.6. The Hall–Kier alpha value is -3.09. The molecule has 2 heterocycles. The normalized spacial score (nSPS) is 17.7. The second-order valence-corrected chi connectivity index (χ2v) is 11.0. The van der Waals surface area contributed by atoms with Crippen LogP contribution in [0.5, 0.6) is 5.75 Å². The molecule has 0 aliphatic carbocycles. The van der Waals surface area contributed by atoms with E-state index in [9.17, 15) is 9.18 Å². The van der Waals surface area contributed by atoms with E-state index in [0.717, 1.165) is 69.4 Å². The summed E-state index contributed by atoms with van der Waals surface area (Å²) in [6.07, 6.45) is 2.44. The van der Waals surface area contributed by atoms with E-state index in [1.165, 1.54) is 17.7 Å². The highest BCUT2D eigenvalue weighted by atomic mass is 35.5. The number of benzene rings is 3. The monoisotopic (exact) mass is 549 g/mol. The molecular formula is C32H37ClFN3O2. The van der Waals surface area contributed by atoms with Gasteiger partial charge in [-0.05, 0) is 54.7 Å². The summed E-state index contributed by atoms with van der Waals surface area (Å²) in [5.41, 5.74) is 2.40. The van der Waals surface area contributed by atoms with Crippen LogP contribution in [0.1, 0.15) is 30.7 Å². The molecule has 39 heavy (non-hydrogen) atoms. The van der Waals surface area contributed by atoms with E-state index < -0.39 is 0 Å². The maximum Gasteiger partial charge on any atom is 0.223 e. The molecule has 0 aromatic heterocycles. The Morgan fingerprint density at radius 1 is 0.897 bits per heavy atom. The summed E-state index contributed by atoms with van der Waals surface area (Å²) in [6.45, 7) is 6.63. The fourth-order valence-electron chi connectivity index (χ4n) is 5.81. The van der Waals surface area contributed by atoms with Crippen LogP contribution in [0.25, 0.3) is 0 Å². The quantitative estimate of drug-likeness (QED) is 0.323. The molecule has 5 nitrogen and oxygen atoms in total. The average molecular weight is 550 g/mol. The van der Waals surface area contributed by atoms with E-state index in [4.69, 9.17) is 16.3 Å². The molecule has 5 rings (SSSR count). The molecule has 2 aliphatic rings. The highest BCUT2D eigenvalue weighted by molar-refractivity contribution is 6.30. The van der Waals surface area contributed by atoms with E-state index in [1.807, 2.05) is 29.2 Å². The van der Waals surface area contributed by atoms with Gasteiger partial charge < -0.3 is 14.5 Å². The third kappa shape index (κ3) is 7.52. The number of likely N-dealkylation sites (tertiary alicyclic amines) is 1. The topological polar surface area (TPSA) is 36.0 Å². The fraction of sp³-hybridized carbons (Fsp3) is 0.406. The van der Waals surface area contributed by atoms with Crippen molar-refractivity contribution in [3.05, 3.63) is 95.3 Å². The largest absolute Gasteiger partial charge is 0.493 e. The van der Waals surface area contributed by atoms with E-state index in [2.05, 4.69) is 40.1 Å². The zero-order valence-electron chi connectivity index (χ0n) is 22.4. The van der Waals surface area contributed by atoms with Crippen LogP contribution in [-0.2, 0) is 4.79 Å². The van der Waals surface area contributed by atoms with Gasteiger partial charge in [0.05, 0.1) is 6.61 Å². The SMILES string of the molecule is O=C(CCN1CCN(c2cccc(Cl)c2)CC1)N1CCC(C(COc2cccc(F)c2)c2ccccc2)CC1. The van der Waals surface area contributed by atoms with E-state index in [0.29, 0.717) is 24.7 Å². The Morgan fingerprint density at radius 3 is 2.36 bits per heavy atom. The lowest BCUT2D eigenvalue weighted by Gasteiger charge is -2.38. The number of anilines is 1. The minimum atomic E-state index is -0.293. The highest BCUT2D eigenvalue weighted by Gasteiger charge is 2.30. The van der Waals surface area contributed by atoms with Crippen molar-refractivity contribution in [2.75, 3.05) is 57.3 Å². The Morgan fingerprint density at radius 2 is 1.64 bits per heavy atom. The first kappa shape index (κ1) is 27.5. The first-order valence-electron chi connectivity index (χ1n) is 14.0. The first-order valence-corrected chi connectivity index (χ1v) is 14.4. The number of rotatable bonds is 9. The number of ether oxygens (including phenoxy) is 1. The highest BCUT2D eigenvalue weighted by Crippen LogP contribution is 2.34. The van der Waals surface area contributed by atoms with Gasteiger partial charge in [-0.25, -0.2) is 4.39 Å². The average Bonchev–Trinajstić information content (AvgIpc) is 2.97. The minimum Gasteiger partial charge on any atom is -0.493 e. The molecule has 1 amide bonds. The number of carbonyl (C=O) groups excluding carboxylic acids is 1. The van der Waals surface area contributed by atoms with E-state index in [1.54, 1.807) is 12.1 Å². The lowest BCUT2D eigenvalue weighted by atomic mass is 9.80. The Bertz CT molecular complexity index is 1210. The number of hydrogen-bond donors (Lipinski definition) is 0. The Kier molecular flexibility index (Phi) is 9.38. The molecule has 206 valence electrons. The Labute approximate surface area is 236 Å². The van der Waals surface area contributed by atoms with Gasteiger partial charge in [-0.2, -0.15) is 0 Å². The summed E-state index contributed by atoms with van der Waals surface area (Å²) in [7, 11) is 0. The van der Waals surface area contributed by atoms with Crippen molar-refractivity contribution in [3.8, 4) is 5.75 Å². The van der Waals surface area contributed by atoms with Crippen LogP contribution in [0.3, 0.4) is 0 Å². The third-order valence-corrected chi connectivity index (χ3v) is 8.34. The zero-order valence-corrected chi connectivity index (χ0v) is 23.1. The standard InChI is InChI=1S/C32H37ClFN3O2/c33-27-8-4-10-29(22-27)36-20-18-35(19-21-36)15-14-32(38)37-16-12-26(13-17-37)31(25-6-2-1-3-7-25)24-39-30-11-5-9-28(34)23-30/h1-11,22-23,26,31H,12-21,24H2.